The highest BCUT2D eigenvalue weighted by molar-refractivity contribution is 5.96. The first-order valence-electron chi connectivity index (χ1n) is 7.93. The number of amides is 1. The molecule has 0 bridgehead atoms. The fraction of sp³-hybridized carbons (Fsp3) is 0.176. The highest BCUT2D eigenvalue weighted by atomic mass is 16.7. The number of ether oxygens (including phenoxy) is 4. The van der Waals surface area contributed by atoms with Crippen LogP contribution in [-0.2, 0) is 0 Å². The van der Waals surface area contributed by atoms with E-state index < -0.39 is 10.8 Å². The van der Waals surface area contributed by atoms with Crippen molar-refractivity contribution in [1.29, 1.82) is 0 Å². The summed E-state index contributed by atoms with van der Waals surface area (Å²) >= 11 is 0. The quantitative estimate of drug-likeness (QED) is 0.494. The maximum atomic E-state index is 12.2. The van der Waals surface area contributed by atoms with Crippen molar-refractivity contribution < 1.29 is 28.7 Å². The van der Waals surface area contributed by atoms with Crippen molar-refractivity contribution in [1.82, 2.24) is 5.43 Å². The molecule has 2 aliphatic rings. The van der Waals surface area contributed by atoms with Crippen LogP contribution < -0.4 is 24.4 Å². The number of benzene rings is 2. The predicted octanol–water partition coefficient (Wildman–Crippen LogP) is 1.86. The maximum Gasteiger partial charge on any atom is 0.282 e. The highest BCUT2D eigenvalue weighted by Gasteiger charge is 2.22. The van der Waals surface area contributed by atoms with Crippen LogP contribution in [0.4, 0.5) is 5.69 Å². The van der Waals surface area contributed by atoms with Crippen molar-refractivity contribution in [3.8, 4) is 23.0 Å². The molecule has 2 aliphatic heterocycles. The minimum absolute atomic E-state index is 0.00602. The Kier molecular flexibility index (Phi) is 4.21. The maximum absolute atomic E-state index is 12.2. The van der Waals surface area contributed by atoms with Gasteiger partial charge < -0.3 is 18.9 Å². The fourth-order valence-electron chi connectivity index (χ4n) is 2.62. The van der Waals surface area contributed by atoms with E-state index in [0.717, 1.165) is 0 Å². The van der Waals surface area contributed by atoms with Gasteiger partial charge in [0.1, 0.15) is 13.2 Å². The van der Waals surface area contributed by atoms with Gasteiger partial charge in [-0.15, -0.1) is 0 Å². The van der Waals surface area contributed by atoms with Gasteiger partial charge in [-0.1, -0.05) is 0 Å². The van der Waals surface area contributed by atoms with Gasteiger partial charge in [0, 0.05) is 5.56 Å². The van der Waals surface area contributed by atoms with Crippen molar-refractivity contribution in [3.63, 3.8) is 0 Å². The summed E-state index contributed by atoms with van der Waals surface area (Å²) < 4.78 is 21.2. The Morgan fingerprint density at radius 2 is 1.74 bits per heavy atom. The van der Waals surface area contributed by atoms with E-state index in [1.54, 1.807) is 18.2 Å². The highest BCUT2D eigenvalue weighted by Crippen LogP contribution is 2.37. The monoisotopic (exact) mass is 371 g/mol. The number of nitrogens with one attached hydrogen (secondary N) is 1. The molecule has 0 aromatic heterocycles. The number of carbonyl (C=O) groups is 1. The average molecular weight is 371 g/mol. The largest absolute Gasteiger partial charge is 0.486 e. The van der Waals surface area contributed by atoms with Gasteiger partial charge in [0.25, 0.3) is 11.6 Å². The summed E-state index contributed by atoms with van der Waals surface area (Å²) in [4.78, 5) is 22.9. The molecule has 2 aromatic rings. The first-order valence-corrected chi connectivity index (χ1v) is 7.93. The molecule has 0 unspecified atom stereocenters. The molecule has 2 aromatic carbocycles. The molecule has 10 nitrogen and oxygen atoms in total. The van der Waals surface area contributed by atoms with Crippen LogP contribution in [0, 0.1) is 10.1 Å². The van der Waals surface area contributed by atoms with E-state index in [1.165, 1.54) is 18.3 Å². The number of nitrogens with zero attached hydrogens (tertiary/aromatic N) is 2. The van der Waals surface area contributed by atoms with Crippen molar-refractivity contribution in [2.75, 3.05) is 20.0 Å². The third-order valence-corrected chi connectivity index (χ3v) is 3.89. The van der Waals surface area contributed by atoms with Gasteiger partial charge in [-0.25, -0.2) is 5.43 Å². The van der Waals surface area contributed by atoms with Crippen LogP contribution in [-0.4, -0.2) is 37.1 Å². The summed E-state index contributed by atoms with van der Waals surface area (Å²) in [5.41, 5.74) is 2.61. The van der Waals surface area contributed by atoms with E-state index >= 15 is 0 Å². The molecule has 10 heteroatoms. The minimum Gasteiger partial charge on any atom is -0.486 e. The number of hydrogen-bond donors (Lipinski definition) is 1. The van der Waals surface area contributed by atoms with Crippen LogP contribution in [0.1, 0.15) is 15.9 Å². The Morgan fingerprint density at radius 3 is 2.52 bits per heavy atom. The van der Waals surface area contributed by atoms with Gasteiger partial charge in [0.2, 0.25) is 6.79 Å². The van der Waals surface area contributed by atoms with Gasteiger partial charge in [0.05, 0.1) is 22.8 Å². The van der Waals surface area contributed by atoms with Crippen molar-refractivity contribution in [3.05, 3.63) is 51.6 Å². The lowest BCUT2D eigenvalue weighted by Crippen LogP contribution is -2.19. The standard InChI is InChI=1S/C17H13N3O7/c21-17(10-1-2-13-14(5-10)25-4-3-24-13)19-18-8-11-6-15-16(27-9-26-15)7-12(11)20(22)23/h1-2,5-8H,3-4,9H2,(H,19,21)/b18-8+. The Hall–Kier alpha value is -3.82. The van der Waals surface area contributed by atoms with Gasteiger partial charge >= 0.3 is 0 Å². The molecular weight excluding hydrogens is 358 g/mol. The SMILES string of the molecule is O=C(N/N=C/c1cc2c(cc1[N+](=O)[O-])OCO2)c1ccc2c(c1)OCCO2. The smallest absolute Gasteiger partial charge is 0.282 e. The number of rotatable bonds is 4. The number of fused-ring (bicyclic) bond motifs is 2. The van der Waals surface area contributed by atoms with Gasteiger partial charge in [0.15, 0.2) is 23.0 Å². The van der Waals surface area contributed by atoms with E-state index in [-0.39, 0.29) is 18.0 Å². The molecule has 0 radical (unpaired) electrons. The lowest BCUT2D eigenvalue weighted by atomic mass is 10.1. The molecule has 0 aliphatic carbocycles. The van der Waals surface area contributed by atoms with Crippen LogP contribution in [0.3, 0.4) is 0 Å². The molecule has 0 saturated heterocycles. The second-order valence-electron chi connectivity index (χ2n) is 5.58. The minimum atomic E-state index is -0.564. The van der Waals surface area contributed by atoms with E-state index in [4.69, 9.17) is 18.9 Å². The topological polar surface area (TPSA) is 122 Å². The van der Waals surface area contributed by atoms with Gasteiger partial charge in [-0.05, 0) is 24.3 Å². The molecule has 2 heterocycles. The summed E-state index contributed by atoms with van der Waals surface area (Å²) in [6.07, 6.45) is 1.18. The Labute approximate surface area is 152 Å². The molecule has 0 fully saturated rings. The zero-order valence-electron chi connectivity index (χ0n) is 13.8. The molecule has 0 saturated carbocycles. The lowest BCUT2D eigenvalue weighted by Gasteiger charge is -2.18. The number of hydrogen-bond acceptors (Lipinski definition) is 8. The first kappa shape index (κ1) is 16.6. The van der Waals surface area contributed by atoms with E-state index in [9.17, 15) is 14.9 Å². The predicted molar refractivity (Wildman–Crippen MR) is 91.7 cm³/mol. The number of nitro benzene ring substituents is 1. The lowest BCUT2D eigenvalue weighted by molar-refractivity contribution is -0.385. The molecule has 1 N–H and O–H groups in total. The average Bonchev–Trinajstić information content (AvgIpc) is 3.14. The zero-order valence-corrected chi connectivity index (χ0v) is 13.8. The molecule has 0 spiro atoms. The first-order chi connectivity index (χ1) is 13.1. The molecule has 0 atom stereocenters. The van der Waals surface area contributed by atoms with Crippen molar-refractivity contribution in [2.45, 2.75) is 0 Å². The summed E-state index contributed by atoms with van der Waals surface area (Å²) in [6.45, 7) is 0.856. The number of carbonyl (C=O) groups excluding carboxylic acids is 1. The summed E-state index contributed by atoms with van der Waals surface area (Å²) in [5.74, 6) is 1.22. The second kappa shape index (κ2) is 6.83. The normalized spacial score (nSPS) is 14.2. The van der Waals surface area contributed by atoms with Crippen LogP contribution in [0.5, 0.6) is 23.0 Å². The van der Waals surface area contributed by atoms with Crippen LogP contribution in [0.15, 0.2) is 35.4 Å². The Morgan fingerprint density at radius 1 is 1.04 bits per heavy atom. The second-order valence-corrected chi connectivity index (χ2v) is 5.58. The van der Waals surface area contributed by atoms with Crippen LogP contribution >= 0.6 is 0 Å². The van der Waals surface area contributed by atoms with Gasteiger partial charge in [-0.3, -0.25) is 14.9 Å². The van der Waals surface area contributed by atoms with Crippen LogP contribution in [0.2, 0.25) is 0 Å². The van der Waals surface area contributed by atoms with Crippen molar-refractivity contribution >= 4 is 17.8 Å². The molecular formula is C17H13N3O7. The molecule has 138 valence electrons. The summed E-state index contributed by atoms with van der Waals surface area (Å²) in [7, 11) is 0. The third kappa shape index (κ3) is 3.32. The Bertz CT molecular complexity index is 958. The molecule has 4 rings (SSSR count). The molecule has 27 heavy (non-hydrogen) atoms. The third-order valence-electron chi connectivity index (χ3n) is 3.89. The summed E-state index contributed by atoms with van der Waals surface area (Å²) in [6, 6.07) is 7.44. The summed E-state index contributed by atoms with van der Waals surface area (Å²) in [5, 5.41) is 15.0. The number of hydrazone groups is 1. The number of nitro groups is 1. The van der Waals surface area contributed by atoms with E-state index in [1.807, 2.05) is 0 Å². The van der Waals surface area contributed by atoms with Gasteiger partial charge in [-0.2, -0.15) is 5.10 Å². The van der Waals surface area contributed by atoms with Crippen molar-refractivity contribution in [2.24, 2.45) is 5.10 Å². The fourth-order valence-corrected chi connectivity index (χ4v) is 2.62. The van der Waals surface area contributed by atoms with Crippen LogP contribution in [0.25, 0.3) is 0 Å². The molecule has 1 amide bonds. The van der Waals surface area contributed by atoms with E-state index in [2.05, 4.69) is 10.5 Å². The Balaban J connectivity index is 1.51. The van der Waals surface area contributed by atoms with E-state index in [0.29, 0.717) is 41.8 Å². The zero-order chi connectivity index (χ0) is 18.8.